The lowest BCUT2D eigenvalue weighted by atomic mass is 10.0. The number of piperazine rings is 1. The van der Waals surface area contributed by atoms with Crippen LogP contribution in [0.1, 0.15) is 19.8 Å². The molecule has 7 nitrogen and oxygen atoms in total. The van der Waals surface area contributed by atoms with Crippen molar-refractivity contribution in [1.82, 2.24) is 14.7 Å². The molecule has 0 radical (unpaired) electrons. The van der Waals surface area contributed by atoms with E-state index in [1.807, 2.05) is 29.2 Å². The summed E-state index contributed by atoms with van der Waals surface area (Å²) >= 11 is 0. The predicted molar refractivity (Wildman–Crippen MR) is 108 cm³/mol. The number of rotatable bonds is 3. The molecule has 2 fully saturated rings. The van der Waals surface area contributed by atoms with Crippen molar-refractivity contribution in [3.8, 4) is 0 Å². The summed E-state index contributed by atoms with van der Waals surface area (Å²) in [4.78, 5) is 32.5. The minimum atomic E-state index is -0.0688. The summed E-state index contributed by atoms with van der Waals surface area (Å²) in [5.41, 5.74) is 1.48. The van der Waals surface area contributed by atoms with Crippen LogP contribution in [0.25, 0.3) is 0 Å². The Hall–Kier alpha value is -2.12. The molecule has 2 aliphatic rings. The molecule has 148 valence electrons. The van der Waals surface area contributed by atoms with Crippen molar-refractivity contribution in [2.24, 2.45) is 0 Å². The minimum Gasteiger partial charge on any atom is -0.322 e. The molecule has 0 unspecified atom stereocenters. The first kappa shape index (κ1) is 19.6. The van der Waals surface area contributed by atoms with Gasteiger partial charge in [0.1, 0.15) is 0 Å². The summed E-state index contributed by atoms with van der Waals surface area (Å²) in [6.07, 6.45) is 2.44. The summed E-state index contributed by atoms with van der Waals surface area (Å²) in [6, 6.07) is 7.98. The number of hydrogen-bond acceptors (Lipinski definition) is 4. The molecule has 0 saturated carbocycles. The van der Waals surface area contributed by atoms with Gasteiger partial charge in [0.05, 0.1) is 0 Å². The van der Waals surface area contributed by atoms with Crippen molar-refractivity contribution in [1.29, 1.82) is 0 Å². The van der Waals surface area contributed by atoms with E-state index in [4.69, 9.17) is 0 Å². The van der Waals surface area contributed by atoms with Gasteiger partial charge in [-0.15, -0.1) is 0 Å². The van der Waals surface area contributed by atoms with Crippen LogP contribution in [0.2, 0.25) is 0 Å². The van der Waals surface area contributed by atoms with Crippen LogP contribution in [0.4, 0.5) is 16.2 Å². The maximum absolute atomic E-state index is 12.6. The number of benzene rings is 1. The second kappa shape index (κ2) is 8.71. The van der Waals surface area contributed by atoms with Crippen molar-refractivity contribution in [3.05, 3.63) is 24.3 Å². The topological polar surface area (TPSA) is 59.1 Å². The highest BCUT2D eigenvalue weighted by Gasteiger charge is 2.28. The molecular weight excluding hydrogens is 342 g/mol. The van der Waals surface area contributed by atoms with Crippen molar-refractivity contribution < 1.29 is 9.59 Å². The van der Waals surface area contributed by atoms with E-state index in [1.54, 1.807) is 11.9 Å². The molecular formula is C20H31N5O2. The van der Waals surface area contributed by atoms with E-state index in [1.165, 1.54) is 19.8 Å². The second-order valence-corrected chi connectivity index (χ2v) is 7.62. The van der Waals surface area contributed by atoms with E-state index in [-0.39, 0.29) is 11.9 Å². The molecule has 3 rings (SSSR count). The molecule has 1 aromatic carbocycles. The number of carbonyl (C=O) groups excluding carboxylic acids is 2. The number of hydrogen-bond donors (Lipinski definition) is 1. The summed E-state index contributed by atoms with van der Waals surface area (Å²) in [7, 11) is 3.91. The first-order valence-electron chi connectivity index (χ1n) is 9.77. The number of nitrogens with zero attached hydrogens (tertiary/aromatic N) is 4. The number of anilines is 2. The van der Waals surface area contributed by atoms with E-state index < -0.39 is 0 Å². The molecule has 0 spiro atoms. The monoisotopic (exact) mass is 373 g/mol. The Morgan fingerprint density at radius 1 is 1.07 bits per heavy atom. The van der Waals surface area contributed by atoms with Crippen LogP contribution in [-0.4, -0.2) is 86.0 Å². The van der Waals surface area contributed by atoms with Gasteiger partial charge in [0.15, 0.2) is 0 Å². The van der Waals surface area contributed by atoms with Gasteiger partial charge in [-0.25, -0.2) is 4.79 Å². The number of carbonyl (C=O) groups is 2. The Balaban J connectivity index is 1.51. The third kappa shape index (κ3) is 4.99. The maximum atomic E-state index is 12.6. The van der Waals surface area contributed by atoms with Gasteiger partial charge in [-0.2, -0.15) is 0 Å². The number of amides is 3. The standard InChI is InChI=1S/C20H31N5O2/c1-16(26)23(3)19-6-4-5-17(15-19)21-20(27)25-13-11-24(12-14-25)18-7-9-22(2)10-8-18/h4-6,15,18H,7-14H2,1-3H3,(H,21,27). The van der Waals surface area contributed by atoms with Gasteiger partial charge in [-0.1, -0.05) is 6.07 Å². The quantitative estimate of drug-likeness (QED) is 0.879. The van der Waals surface area contributed by atoms with E-state index in [9.17, 15) is 9.59 Å². The summed E-state index contributed by atoms with van der Waals surface area (Å²) < 4.78 is 0. The average molecular weight is 374 g/mol. The van der Waals surface area contributed by atoms with Crippen molar-refractivity contribution >= 4 is 23.3 Å². The molecule has 0 bridgehead atoms. The van der Waals surface area contributed by atoms with Crippen molar-refractivity contribution in [2.75, 3.05) is 63.6 Å². The highest BCUT2D eigenvalue weighted by molar-refractivity contribution is 5.93. The van der Waals surface area contributed by atoms with Gasteiger partial charge >= 0.3 is 6.03 Å². The van der Waals surface area contributed by atoms with E-state index in [2.05, 4.69) is 22.2 Å². The van der Waals surface area contributed by atoms with E-state index in [0.29, 0.717) is 11.7 Å². The Bertz CT molecular complexity index is 664. The first-order valence-corrected chi connectivity index (χ1v) is 9.77. The van der Waals surface area contributed by atoms with Gasteiger partial charge in [0.2, 0.25) is 5.91 Å². The molecule has 2 heterocycles. The molecule has 7 heteroatoms. The zero-order valence-corrected chi connectivity index (χ0v) is 16.6. The summed E-state index contributed by atoms with van der Waals surface area (Å²) in [6.45, 7) is 7.24. The van der Waals surface area contributed by atoms with E-state index in [0.717, 1.165) is 45.0 Å². The number of piperidine rings is 1. The summed E-state index contributed by atoms with van der Waals surface area (Å²) in [5, 5.41) is 2.97. The minimum absolute atomic E-state index is 0.0384. The first-order chi connectivity index (χ1) is 12.9. The van der Waals surface area contributed by atoms with Crippen LogP contribution in [0, 0.1) is 0 Å². The fourth-order valence-electron chi connectivity index (χ4n) is 3.83. The van der Waals surface area contributed by atoms with Gasteiger partial charge in [0, 0.05) is 57.6 Å². The van der Waals surface area contributed by atoms with Gasteiger partial charge in [-0.05, 0) is 51.2 Å². The third-order valence-electron chi connectivity index (χ3n) is 5.76. The molecule has 3 amide bonds. The predicted octanol–water partition coefficient (Wildman–Crippen LogP) is 1.91. The molecule has 2 saturated heterocycles. The van der Waals surface area contributed by atoms with Gasteiger partial charge in [0.25, 0.3) is 0 Å². The van der Waals surface area contributed by atoms with Crippen molar-refractivity contribution in [2.45, 2.75) is 25.8 Å². The molecule has 0 aliphatic carbocycles. The second-order valence-electron chi connectivity index (χ2n) is 7.62. The number of urea groups is 1. The summed E-state index contributed by atoms with van der Waals surface area (Å²) in [5.74, 6) is -0.0384. The lowest BCUT2D eigenvalue weighted by Gasteiger charge is -2.42. The molecule has 0 atom stereocenters. The Labute approximate surface area is 161 Å². The Kier molecular flexibility index (Phi) is 6.34. The third-order valence-corrected chi connectivity index (χ3v) is 5.76. The highest BCUT2D eigenvalue weighted by atomic mass is 16.2. The van der Waals surface area contributed by atoms with Gasteiger partial charge < -0.3 is 20.0 Å². The van der Waals surface area contributed by atoms with Crippen LogP contribution in [0.3, 0.4) is 0 Å². The normalized spacial score (nSPS) is 19.7. The molecule has 27 heavy (non-hydrogen) atoms. The molecule has 1 N–H and O–H groups in total. The van der Waals surface area contributed by atoms with Crippen LogP contribution in [0.15, 0.2) is 24.3 Å². The fraction of sp³-hybridized carbons (Fsp3) is 0.600. The lowest BCUT2D eigenvalue weighted by molar-refractivity contribution is -0.116. The lowest BCUT2D eigenvalue weighted by Crippen LogP contribution is -2.54. The van der Waals surface area contributed by atoms with Crippen LogP contribution < -0.4 is 10.2 Å². The van der Waals surface area contributed by atoms with E-state index >= 15 is 0 Å². The molecule has 1 aromatic rings. The number of nitrogens with one attached hydrogen (secondary N) is 1. The Morgan fingerprint density at radius 2 is 1.74 bits per heavy atom. The highest BCUT2D eigenvalue weighted by Crippen LogP contribution is 2.20. The molecule has 2 aliphatic heterocycles. The van der Waals surface area contributed by atoms with Crippen LogP contribution in [0.5, 0.6) is 0 Å². The zero-order chi connectivity index (χ0) is 19.4. The number of likely N-dealkylation sites (tertiary alicyclic amines) is 1. The maximum Gasteiger partial charge on any atom is 0.321 e. The molecule has 0 aromatic heterocycles. The smallest absolute Gasteiger partial charge is 0.321 e. The fourth-order valence-corrected chi connectivity index (χ4v) is 3.83. The SMILES string of the molecule is CC(=O)N(C)c1cccc(NC(=O)N2CCN(C3CCN(C)CC3)CC2)c1. The zero-order valence-electron chi connectivity index (χ0n) is 16.6. The largest absolute Gasteiger partial charge is 0.322 e. The average Bonchev–Trinajstić information content (AvgIpc) is 2.68. The van der Waals surface area contributed by atoms with Crippen LogP contribution in [-0.2, 0) is 4.79 Å². The van der Waals surface area contributed by atoms with Crippen LogP contribution >= 0.6 is 0 Å². The van der Waals surface area contributed by atoms with Crippen molar-refractivity contribution in [3.63, 3.8) is 0 Å². The van der Waals surface area contributed by atoms with Gasteiger partial charge in [-0.3, -0.25) is 9.69 Å². The Morgan fingerprint density at radius 3 is 2.37 bits per heavy atom.